The van der Waals surface area contributed by atoms with Gasteiger partial charge < -0.3 is 0 Å². The van der Waals surface area contributed by atoms with Crippen LogP contribution in [0.4, 0.5) is 27.8 Å². The number of fused-ring (bicyclic) bond motifs is 1. The Morgan fingerprint density at radius 1 is 1.19 bits per heavy atom. The van der Waals surface area contributed by atoms with E-state index >= 15 is 0 Å². The summed E-state index contributed by atoms with van der Waals surface area (Å²) in [6.45, 7) is 1.21. The quantitative estimate of drug-likeness (QED) is 0.255. The molecule has 14 heteroatoms. The fraction of sp³-hybridized carbons (Fsp3) is 0.261. The molecule has 37 heavy (non-hydrogen) atoms. The summed E-state index contributed by atoms with van der Waals surface area (Å²) in [5, 5.41) is 6.60. The number of alkyl halides is 3. The van der Waals surface area contributed by atoms with E-state index in [1.54, 1.807) is 6.20 Å². The molecule has 2 N–H and O–H groups in total. The summed E-state index contributed by atoms with van der Waals surface area (Å²) < 4.78 is 66.9. The number of hydrogen-bond acceptors (Lipinski definition) is 7. The molecule has 3 atom stereocenters. The van der Waals surface area contributed by atoms with Crippen molar-refractivity contribution in [1.29, 1.82) is 0 Å². The number of aliphatic imine (C=N–C) groups is 2. The molecule has 0 spiro atoms. The first-order valence-corrected chi connectivity index (χ1v) is 13.5. The number of anilines is 1. The third-order valence-electron chi connectivity index (χ3n) is 6.19. The molecule has 2 aromatic rings. The van der Waals surface area contributed by atoms with Gasteiger partial charge >= 0.3 is 214 Å². The van der Waals surface area contributed by atoms with Crippen molar-refractivity contribution in [2.24, 2.45) is 15.1 Å². The average molecular weight is 580 g/mol. The Kier molecular flexibility index (Phi) is 6.55. The number of ketones is 1. The summed E-state index contributed by atoms with van der Waals surface area (Å²) in [7, 11) is 0. The number of amidine groups is 1. The van der Waals surface area contributed by atoms with Crippen LogP contribution < -0.4 is 10.2 Å². The molecule has 3 aliphatic rings. The van der Waals surface area contributed by atoms with Crippen LogP contribution in [-0.2, 0) is 0 Å². The number of hydrogen-bond donors (Lipinski definition) is 1. The Hall–Kier alpha value is -3.28. The molecule has 1 aromatic heterocycles. The van der Waals surface area contributed by atoms with Gasteiger partial charge in [0.2, 0.25) is 0 Å². The van der Waals surface area contributed by atoms with Gasteiger partial charge in [-0.15, -0.1) is 0 Å². The zero-order chi connectivity index (χ0) is 26.4. The molecule has 0 saturated carbocycles. The van der Waals surface area contributed by atoms with E-state index in [0.29, 0.717) is 23.4 Å². The molecular weight excluding hydrogens is 560 g/mol. The molecule has 0 bridgehead atoms. The van der Waals surface area contributed by atoms with Gasteiger partial charge in [0.05, 0.1) is 0 Å². The Labute approximate surface area is 214 Å². The maximum atomic E-state index is 14.5. The first-order valence-electron chi connectivity index (χ1n) is 11.2. The first-order chi connectivity index (χ1) is 17.6. The zero-order valence-electron chi connectivity index (χ0n) is 19.1. The van der Waals surface area contributed by atoms with E-state index in [9.17, 15) is 26.7 Å². The zero-order valence-corrected chi connectivity index (χ0v) is 21.2. The van der Waals surface area contributed by atoms with Gasteiger partial charge in [-0.05, 0) is 0 Å². The number of aromatic nitrogens is 1. The molecule has 1 saturated heterocycles. The van der Waals surface area contributed by atoms with E-state index in [0.717, 1.165) is 31.0 Å². The molecule has 1 aromatic carbocycles. The normalized spacial score (nSPS) is 23.9. The second kappa shape index (κ2) is 9.55. The summed E-state index contributed by atoms with van der Waals surface area (Å²) in [5.74, 6) is -3.37. The molecule has 8 nitrogen and oxygen atoms in total. The second-order valence-corrected chi connectivity index (χ2v) is 12.0. The fourth-order valence-corrected chi connectivity index (χ4v) is 7.46. The molecule has 192 valence electrons. The van der Waals surface area contributed by atoms with Gasteiger partial charge in [0.15, 0.2) is 0 Å². The van der Waals surface area contributed by atoms with Crippen molar-refractivity contribution in [1.82, 2.24) is 9.99 Å². The van der Waals surface area contributed by atoms with Crippen LogP contribution in [0.1, 0.15) is 28.8 Å². The van der Waals surface area contributed by atoms with Gasteiger partial charge in [0, 0.05) is 0 Å². The Balaban J connectivity index is 1.38. The predicted molar refractivity (Wildman–Crippen MR) is 129 cm³/mol. The number of benzene rings is 1. The van der Waals surface area contributed by atoms with Gasteiger partial charge in [-0.3, -0.25) is 0 Å². The minimum atomic E-state index is -5.03. The van der Waals surface area contributed by atoms with E-state index in [-0.39, 0.29) is 20.7 Å². The summed E-state index contributed by atoms with van der Waals surface area (Å²) in [4.78, 5) is 24.3. The molecule has 5 rings (SSSR count). The molecular formula is C23H20AsF5N7O+. The van der Waals surface area contributed by atoms with Gasteiger partial charge in [-0.1, -0.05) is 0 Å². The van der Waals surface area contributed by atoms with Crippen molar-refractivity contribution < 1.29 is 31.4 Å². The third-order valence-corrected chi connectivity index (χ3v) is 9.24. The number of nitrogens with two attached hydrogens (primary N) is 1. The van der Waals surface area contributed by atoms with Crippen LogP contribution in [0.3, 0.4) is 0 Å². The predicted octanol–water partition coefficient (Wildman–Crippen LogP) is 2.80. The summed E-state index contributed by atoms with van der Waals surface area (Å²) in [6, 6.07) is 5.79. The summed E-state index contributed by atoms with van der Waals surface area (Å²) in [5.41, 5.74) is 5.45. The monoisotopic (exact) mass is 580 g/mol. The van der Waals surface area contributed by atoms with Crippen LogP contribution in [0, 0.1) is 11.6 Å². The van der Waals surface area contributed by atoms with Crippen LogP contribution in [0.2, 0.25) is 4.71 Å². The van der Waals surface area contributed by atoms with Crippen LogP contribution in [0.5, 0.6) is 0 Å². The van der Waals surface area contributed by atoms with E-state index in [2.05, 4.69) is 25.1 Å². The van der Waals surface area contributed by atoms with Crippen LogP contribution in [0.25, 0.3) is 5.70 Å². The van der Waals surface area contributed by atoms with Gasteiger partial charge in [0.1, 0.15) is 0 Å². The van der Waals surface area contributed by atoms with Crippen molar-refractivity contribution in [3.63, 3.8) is 0 Å². The number of halogens is 5. The SMILES string of the molecule is Nc1nc([AsH]C2CCCN([N+]34C=C(c5ccc(F)cc5F)N=CC3=NC=N4)C2)ccc1C(=O)C(F)(F)F. The van der Waals surface area contributed by atoms with E-state index < -0.39 is 50.7 Å². The number of piperidine rings is 1. The molecule has 0 aliphatic carbocycles. The number of quaternary nitrogens is 1. The molecule has 0 amide bonds. The summed E-state index contributed by atoms with van der Waals surface area (Å²) >= 11 is -0.957. The van der Waals surface area contributed by atoms with Crippen LogP contribution >= 0.6 is 0 Å². The Morgan fingerprint density at radius 3 is 2.73 bits per heavy atom. The van der Waals surface area contributed by atoms with Crippen LogP contribution in [-0.4, -0.2) is 73.9 Å². The number of Topliss-reactive ketones (excluding diaryl/α,β-unsaturated/α-hetero) is 1. The van der Waals surface area contributed by atoms with E-state index in [1.165, 1.54) is 24.7 Å². The van der Waals surface area contributed by atoms with Crippen molar-refractivity contribution in [2.75, 3.05) is 18.8 Å². The van der Waals surface area contributed by atoms with Crippen LogP contribution in [0.15, 0.2) is 51.6 Å². The Bertz CT molecular complexity index is 1390. The standard InChI is InChI=1S/C23H19AsF5N7O/c25-14-3-4-15(17(26)8-14)18-11-36(20(9-31-18)32-12-33-36)35-7-1-2-13(10-35)24-19-6-5-16(22(30)34-19)21(37)23(27,28)29/h3-6,8-9,11-13,24H,1-2,7,10H2,(H-,30,34,37)/p+1. The van der Waals surface area contributed by atoms with Gasteiger partial charge in [0.25, 0.3) is 0 Å². The number of carbonyl (C=O) groups excluding carboxylic acids is 1. The van der Waals surface area contributed by atoms with E-state index in [1.807, 2.05) is 0 Å². The number of carbonyl (C=O) groups is 1. The minimum absolute atomic E-state index is 0.131. The molecule has 1 fully saturated rings. The molecule has 0 radical (unpaired) electrons. The number of nitrogen functional groups attached to an aromatic ring is 1. The van der Waals surface area contributed by atoms with Crippen molar-refractivity contribution in [3.05, 3.63) is 59.3 Å². The number of rotatable bonds is 5. The number of pyridine rings is 1. The average Bonchev–Trinajstić information content (AvgIpc) is 3.28. The summed E-state index contributed by atoms with van der Waals surface area (Å²) in [6.07, 6.45) is 1.22. The number of nitrogens with zero attached hydrogens (tertiary/aromatic N) is 6. The van der Waals surface area contributed by atoms with Crippen molar-refractivity contribution in [2.45, 2.75) is 23.7 Å². The van der Waals surface area contributed by atoms with Gasteiger partial charge in [-0.25, -0.2) is 0 Å². The van der Waals surface area contributed by atoms with Gasteiger partial charge in [-0.2, -0.15) is 0 Å². The molecule has 3 aliphatic heterocycles. The fourth-order valence-electron chi connectivity index (χ4n) is 4.45. The maximum absolute atomic E-state index is 14.5. The van der Waals surface area contributed by atoms with E-state index in [4.69, 9.17) is 5.73 Å². The molecule has 3 unspecified atom stereocenters. The third kappa shape index (κ3) is 4.86. The Morgan fingerprint density at radius 2 is 2.00 bits per heavy atom. The topological polar surface area (TPSA) is 96.3 Å². The molecule has 4 heterocycles. The van der Waals surface area contributed by atoms with Crippen molar-refractivity contribution >= 4 is 55.9 Å². The second-order valence-electron chi connectivity index (χ2n) is 8.62. The first kappa shape index (κ1) is 25.4. The van der Waals surface area contributed by atoms with Crippen molar-refractivity contribution in [3.8, 4) is 0 Å².